The second-order valence-corrected chi connectivity index (χ2v) is 7.59. The van der Waals surface area contributed by atoms with Gasteiger partial charge in [0.25, 0.3) is 5.91 Å². The zero-order valence-electron chi connectivity index (χ0n) is 14.5. The van der Waals surface area contributed by atoms with Crippen LogP contribution in [-0.4, -0.2) is 41.0 Å². The van der Waals surface area contributed by atoms with Crippen molar-refractivity contribution in [3.05, 3.63) is 63.7 Å². The zero-order valence-corrected chi connectivity index (χ0v) is 16.9. The van der Waals surface area contributed by atoms with E-state index in [1.807, 2.05) is 49.4 Å². The number of ether oxygens (including phenoxy) is 1. The molecule has 134 valence electrons. The number of aromatic nitrogens is 2. The molecule has 0 bridgehead atoms. The summed E-state index contributed by atoms with van der Waals surface area (Å²) in [5.41, 5.74) is 1.50. The Bertz CT molecular complexity index is 882. The predicted molar refractivity (Wildman–Crippen MR) is 107 cm³/mol. The first kappa shape index (κ1) is 18.5. The number of benzene rings is 1. The number of hydrogen-bond donors (Lipinski definition) is 0. The van der Waals surface area contributed by atoms with Gasteiger partial charge in [-0.3, -0.25) is 9.78 Å². The van der Waals surface area contributed by atoms with Gasteiger partial charge in [0.05, 0.1) is 17.9 Å². The average Bonchev–Trinajstić information content (AvgIpc) is 3.05. The average molecular weight is 432 g/mol. The van der Waals surface area contributed by atoms with Crippen LogP contribution in [0.25, 0.3) is 10.7 Å². The van der Waals surface area contributed by atoms with Crippen molar-refractivity contribution in [1.29, 1.82) is 0 Å². The molecule has 0 aliphatic rings. The number of amides is 1. The van der Waals surface area contributed by atoms with Gasteiger partial charge in [-0.1, -0.05) is 22.0 Å². The predicted octanol–water partition coefficient (Wildman–Crippen LogP) is 4.43. The Kier molecular flexibility index (Phi) is 6.00. The number of rotatable bonds is 6. The fourth-order valence-electron chi connectivity index (χ4n) is 2.30. The molecule has 0 saturated carbocycles. The maximum Gasteiger partial charge on any atom is 0.265 e. The van der Waals surface area contributed by atoms with E-state index in [2.05, 4.69) is 25.9 Å². The molecule has 0 fully saturated rings. The number of likely N-dealkylation sites (N-methyl/N-ethyl adjacent to an activating group) is 1. The van der Waals surface area contributed by atoms with Crippen LogP contribution in [0.5, 0.6) is 5.75 Å². The molecule has 0 aliphatic carbocycles. The summed E-state index contributed by atoms with van der Waals surface area (Å²) in [5.74, 6) is 0.724. The topological polar surface area (TPSA) is 55.3 Å². The Labute approximate surface area is 164 Å². The lowest BCUT2D eigenvalue weighted by Crippen LogP contribution is -2.30. The molecule has 0 saturated heterocycles. The molecule has 2 heterocycles. The third kappa shape index (κ3) is 4.47. The van der Waals surface area contributed by atoms with Crippen molar-refractivity contribution < 1.29 is 9.53 Å². The van der Waals surface area contributed by atoms with Crippen molar-refractivity contribution in [3.8, 4) is 16.5 Å². The fourth-order valence-corrected chi connectivity index (χ4v) is 3.60. The number of carbonyl (C=O) groups excluding carboxylic acids is 1. The van der Waals surface area contributed by atoms with Crippen molar-refractivity contribution in [2.45, 2.75) is 6.92 Å². The smallest absolute Gasteiger partial charge is 0.265 e. The second kappa shape index (κ2) is 8.42. The summed E-state index contributed by atoms with van der Waals surface area (Å²) in [6, 6.07) is 13.3. The number of halogens is 1. The third-order valence-electron chi connectivity index (χ3n) is 3.73. The number of hydrogen-bond acceptors (Lipinski definition) is 5. The first-order chi connectivity index (χ1) is 12.5. The summed E-state index contributed by atoms with van der Waals surface area (Å²) >= 11 is 4.76. The van der Waals surface area contributed by atoms with Gasteiger partial charge in [-0.25, -0.2) is 4.98 Å². The minimum Gasteiger partial charge on any atom is -0.492 e. The number of nitrogens with zero attached hydrogens (tertiary/aromatic N) is 3. The Balaban J connectivity index is 1.61. The van der Waals surface area contributed by atoms with Gasteiger partial charge in [-0.05, 0) is 43.3 Å². The van der Waals surface area contributed by atoms with E-state index in [9.17, 15) is 4.79 Å². The van der Waals surface area contributed by atoms with Crippen LogP contribution in [-0.2, 0) is 0 Å². The normalized spacial score (nSPS) is 10.6. The monoisotopic (exact) mass is 431 g/mol. The molecular formula is C19H18BrN3O2S. The molecule has 3 rings (SSSR count). The fraction of sp³-hybridized carbons (Fsp3) is 0.211. The van der Waals surface area contributed by atoms with Crippen molar-refractivity contribution >= 4 is 33.2 Å². The molecule has 0 spiro atoms. The summed E-state index contributed by atoms with van der Waals surface area (Å²) in [6.45, 7) is 2.77. The van der Waals surface area contributed by atoms with E-state index in [-0.39, 0.29) is 5.91 Å². The van der Waals surface area contributed by atoms with Crippen LogP contribution >= 0.6 is 27.3 Å². The Morgan fingerprint density at radius 3 is 2.69 bits per heavy atom. The molecule has 3 aromatic rings. The lowest BCUT2D eigenvalue weighted by Gasteiger charge is -2.17. The molecule has 1 aromatic carbocycles. The molecule has 0 N–H and O–H groups in total. The van der Waals surface area contributed by atoms with Crippen LogP contribution in [0, 0.1) is 6.92 Å². The van der Waals surface area contributed by atoms with E-state index < -0.39 is 0 Å². The Morgan fingerprint density at radius 1 is 1.23 bits per heavy atom. The Hall–Kier alpha value is -2.25. The molecular weight excluding hydrogens is 414 g/mol. The highest BCUT2D eigenvalue weighted by Crippen LogP contribution is 2.27. The minimum absolute atomic E-state index is 0.0541. The largest absolute Gasteiger partial charge is 0.492 e. The highest BCUT2D eigenvalue weighted by molar-refractivity contribution is 9.10. The van der Waals surface area contributed by atoms with Crippen molar-refractivity contribution in [2.24, 2.45) is 0 Å². The van der Waals surface area contributed by atoms with E-state index in [1.165, 1.54) is 11.3 Å². The summed E-state index contributed by atoms with van der Waals surface area (Å²) in [7, 11) is 1.77. The van der Waals surface area contributed by atoms with Crippen LogP contribution in [0.2, 0.25) is 0 Å². The second-order valence-electron chi connectivity index (χ2n) is 5.68. The van der Waals surface area contributed by atoms with Crippen LogP contribution in [0.15, 0.2) is 53.1 Å². The SMILES string of the molecule is Cc1nc(-c2ccccn2)sc1C(=O)N(C)CCOc1ccc(Br)cc1. The van der Waals surface area contributed by atoms with Crippen molar-refractivity contribution in [3.63, 3.8) is 0 Å². The lowest BCUT2D eigenvalue weighted by atomic mass is 10.3. The number of aryl methyl sites for hydroxylation is 1. The summed E-state index contributed by atoms with van der Waals surface area (Å²) in [4.78, 5) is 23.8. The maximum atomic E-state index is 12.7. The summed E-state index contributed by atoms with van der Waals surface area (Å²) in [6.07, 6.45) is 1.72. The molecule has 0 radical (unpaired) electrons. The standard InChI is InChI=1S/C19H18BrN3O2S/c1-13-17(26-18(22-13)16-5-3-4-10-21-16)19(24)23(2)11-12-25-15-8-6-14(20)7-9-15/h3-10H,11-12H2,1-2H3. The molecule has 0 unspecified atom stereocenters. The quantitative estimate of drug-likeness (QED) is 0.579. The van der Waals surface area contributed by atoms with Gasteiger partial charge in [0, 0.05) is 17.7 Å². The van der Waals surface area contributed by atoms with Gasteiger partial charge < -0.3 is 9.64 Å². The van der Waals surface area contributed by atoms with Crippen molar-refractivity contribution in [1.82, 2.24) is 14.9 Å². The summed E-state index contributed by atoms with van der Waals surface area (Å²) in [5, 5.41) is 0.756. The Morgan fingerprint density at radius 2 is 2.00 bits per heavy atom. The molecule has 2 aromatic heterocycles. The van der Waals surface area contributed by atoms with Gasteiger partial charge in [0.2, 0.25) is 0 Å². The molecule has 0 atom stereocenters. The minimum atomic E-state index is -0.0541. The van der Waals surface area contributed by atoms with Gasteiger partial charge >= 0.3 is 0 Å². The van der Waals surface area contributed by atoms with Gasteiger partial charge in [-0.15, -0.1) is 11.3 Å². The molecule has 1 amide bonds. The number of pyridine rings is 1. The lowest BCUT2D eigenvalue weighted by molar-refractivity contribution is 0.0777. The molecule has 26 heavy (non-hydrogen) atoms. The van der Waals surface area contributed by atoms with Crippen LogP contribution < -0.4 is 4.74 Å². The first-order valence-corrected chi connectivity index (χ1v) is 9.68. The third-order valence-corrected chi connectivity index (χ3v) is 5.43. The van der Waals surface area contributed by atoms with Crippen molar-refractivity contribution in [2.75, 3.05) is 20.2 Å². The highest BCUT2D eigenvalue weighted by Gasteiger charge is 2.20. The van der Waals surface area contributed by atoms with E-state index in [0.29, 0.717) is 18.0 Å². The van der Waals surface area contributed by atoms with E-state index in [4.69, 9.17) is 4.74 Å². The van der Waals surface area contributed by atoms with E-state index in [1.54, 1.807) is 18.1 Å². The number of thiazole rings is 1. The highest BCUT2D eigenvalue weighted by atomic mass is 79.9. The van der Waals surface area contributed by atoms with Gasteiger partial charge in [0.15, 0.2) is 0 Å². The van der Waals surface area contributed by atoms with Crippen LogP contribution in [0.4, 0.5) is 0 Å². The maximum absolute atomic E-state index is 12.7. The van der Waals surface area contributed by atoms with E-state index >= 15 is 0 Å². The molecule has 0 aliphatic heterocycles. The van der Waals surface area contributed by atoms with Gasteiger partial charge in [0.1, 0.15) is 22.2 Å². The molecule has 5 nitrogen and oxygen atoms in total. The zero-order chi connectivity index (χ0) is 18.5. The van der Waals surface area contributed by atoms with Crippen LogP contribution in [0.1, 0.15) is 15.4 Å². The number of carbonyl (C=O) groups is 1. The molecule has 7 heteroatoms. The van der Waals surface area contributed by atoms with Gasteiger partial charge in [-0.2, -0.15) is 0 Å². The van der Waals surface area contributed by atoms with E-state index in [0.717, 1.165) is 26.6 Å². The van der Waals surface area contributed by atoms with Crippen LogP contribution in [0.3, 0.4) is 0 Å². The summed E-state index contributed by atoms with van der Waals surface area (Å²) < 4.78 is 6.69. The first-order valence-electron chi connectivity index (χ1n) is 8.07.